The van der Waals surface area contributed by atoms with Gasteiger partial charge >= 0.3 is 5.97 Å². The van der Waals surface area contributed by atoms with Crippen LogP contribution in [0.15, 0.2) is 48.5 Å². The van der Waals surface area contributed by atoms with E-state index < -0.39 is 23.9 Å². The van der Waals surface area contributed by atoms with E-state index in [1.54, 1.807) is 19.1 Å². The average Bonchev–Trinajstić information content (AvgIpc) is 2.85. The molecule has 0 fully saturated rings. The molecular weight excluding hydrogens is 432 g/mol. The van der Waals surface area contributed by atoms with Crippen molar-refractivity contribution in [2.45, 2.75) is 39.3 Å². The van der Waals surface area contributed by atoms with Gasteiger partial charge in [0.1, 0.15) is 0 Å². The number of nitrogens with one attached hydrogen (secondary N) is 1. The van der Waals surface area contributed by atoms with Crippen molar-refractivity contribution in [2.75, 3.05) is 18.4 Å². The summed E-state index contributed by atoms with van der Waals surface area (Å²) in [6.45, 7) is 6.24. The van der Waals surface area contributed by atoms with E-state index in [2.05, 4.69) is 17.1 Å². The third-order valence-corrected chi connectivity index (χ3v) is 6.13. The number of hydrogen-bond acceptors (Lipinski definition) is 6. The highest BCUT2D eigenvalue weighted by atomic mass is 16.5. The number of nitrogens with two attached hydrogens (primary N) is 1. The summed E-state index contributed by atoms with van der Waals surface area (Å²) in [5, 5.41) is 3.47. The van der Waals surface area contributed by atoms with Crippen molar-refractivity contribution in [3.8, 4) is 0 Å². The Kier molecular flexibility index (Phi) is 6.88. The molecule has 3 aromatic rings. The Bertz CT molecular complexity index is 1240. The Morgan fingerprint density at radius 3 is 2.53 bits per heavy atom. The number of hydrogen-bond donors (Lipinski definition) is 2. The number of ether oxygens (including phenoxy) is 1. The first-order chi connectivity index (χ1) is 16.4. The highest BCUT2D eigenvalue weighted by Crippen LogP contribution is 2.29. The van der Waals surface area contributed by atoms with E-state index in [9.17, 15) is 14.4 Å². The number of benzene rings is 2. The molecule has 1 aliphatic rings. The van der Waals surface area contributed by atoms with Crippen LogP contribution in [-0.2, 0) is 22.5 Å². The van der Waals surface area contributed by atoms with Crippen LogP contribution in [0.3, 0.4) is 0 Å². The normalized spacial score (nSPS) is 14.3. The number of likely N-dealkylation sites (N-methyl/N-ethyl adjacent to an activating group) is 1. The van der Waals surface area contributed by atoms with Gasteiger partial charge in [-0.3, -0.25) is 19.5 Å². The van der Waals surface area contributed by atoms with Gasteiger partial charge in [0.2, 0.25) is 5.91 Å². The summed E-state index contributed by atoms with van der Waals surface area (Å²) >= 11 is 0. The summed E-state index contributed by atoms with van der Waals surface area (Å²) in [6.07, 6.45) is 0.0908. The van der Waals surface area contributed by atoms with Crippen molar-refractivity contribution in [1.82, 2.24) is 9.88 Å². The number of anilines is 1. The Balaban J connectivity index is 1.60. The smallest absolute Gasteiger partial charge is 0.340 e. The van der Waals surface area contributed by atoms with Crippen molar-refractivity contribution >= 4 is 34.4 Å². The van der Waals surface area contributed by atoms with Crippen LogP contribution in [0.4, 0.5) is 5.69 Å². The van der Waals surface area contributed by atoms with Gasteiger partial charge in [-0.05, 0) is 43.3 Å². The largest absolute Gasteiger partial charge is 0.449 e. The molecule has 2 heterocycles. The lowest BCUT2D eigenvalue weighted by Crippen LogP contribution is -2.35. The molecule has 1 atom stereocenters. The molecule has 0 saturated heterocycles. The van der Waals surface area contributed by atoms with E-state index in [1.165, 1.54) is 12.1 Å². The zero-order valence-corrected chi connectivity index (χ0v) is 19.3. The molecule has 0 bridgehead atoms. The zero-order chi connectivity index (χ0) is 24.2. The van der Waals surface area contributed by atoms with E-state index in [4.69, 9.17) is 15.5 Å². The number of fused-ring (bicyclic) bond motifs is 2. The van der Waals surface area contributed by atoms with Gasteiger partial charge in [-0.1, -0.05) is 32.0 Å². The molecular formula is C26H28N4O4. The highest BCUT2D eigenvalue weighted by molar-refractivity contribution is 6.06. The van der Waals surface area contributed by atoms with E-state index >= 15 is 0 Å². The van der Waals surface area contributed by atoms with Gasteiger partial charge < -0.3 is 15.8 Å². The number of primary amides is 1. The van der Waals surface area contributed by atoms with Gasteiger partial charge in [0.25, 0.3) is 5.91 Å². The van der Waals surface area contributed by atoms with Gasteiger partial charge in [0, 0.05) is 47.4 Å². The first-order valence-corrected chi connectivity index (χ1v) is 11.5. The first-order valence-electron chi connectivity index (χ1n) is 11.5. The molecule has 4 rings (SSSR count). The lowest BCUT2D eigenvalue weighted by Gasteiger charge is -2.29. The predicted octanol–water partition coefficient (Wildman–Crippen LogP) is 3.29. The Morgan fingerprint density at radius 2 is 1.85 bits per heavy atom. The van der Waals surface area contributed by atoms with E-state index in [0.717, 1.165) is 41.7 Å². The SMILES string of the molecule is CCC(OC(=O)c1c2c(nc3ccccc13)CCN(CC)C2)C(=O)Nc1ccc(C(N)=O)cc1. The number of amides is 2. The number of carbonyl (C=O) groups excluding carboxylic acids is 3. The van der Waals surface area contributed by atoms with Crippen molar-refractivity contribution in [3.63, 3.8) is 0 Å². The standard InChI is InChI=1S/C26H28N4O4/c1-3-22(25(32)28-17-11-9-16(10-12-17)24(27)31)34-26(33)23-18-7-5-6-8-20(18)29-21-13-14-30(4-2)15-19(21)23/h5-12,22H,3-4,13-15H2,1-2H3,(H2,27,31)(H,28,32). The lowest BCUT2D eigenvalue weighted by molar-refractivity contribution is -0.124. The van der Waals surface area contributed by atoms with Crippen LogP contribution in [-0.4, -0.2) is 46.9 Å². The molecule has 1 unspecified atom stereocenters. The van der Waals surface area contributed by atoms with Crippen LogP contribution >= 0.6 is 0 Å². The molecule has 3 N–H and O–H groups in total. The van der Waals surface area contributed by atoms with Crippen molar-refractivity contribution < 1.29 is 19.1 Å². The van der Waals surface area contributed by atoms with Gasteiger partial charge in [-0.2, -0.15) is 0 Å². The molecule has 0 spiro atoms. The maximum absolute atomic E-state index is 13.5. The van der Waals surface area contributed by atoms with Crippen LogP contribution in [0.25, 0.3) is 10.9 Å². The molecule has 8 nitrogen and oxygen atoms in total. The monoisotopic (exact) mass is 460 g/mol. The van der Waals surface area contributed by atoms with E-state index in [-0.39, 0.29) is 0 Å². The van der Waals surface area contributed by atoms with Gasteiger partial charge in [-0.15, -0.1) is 0 Å². The highest BCUT2D eigenvalue weighted by Gasteiger charge is 2.29. The summed E-state index contributed by atoms with van der Waals surface area (Å²) < 4.78 is 5.75. The molecule has 176 valence electrons. The molecule has 34 heavy (non-hydrogen) atoms. The third-order valence-electron chi connectivity index (χ3n) is 6.13. The van der Waals surface area contributed by atoms with Crippen LogP contribution in [0, 0.1) is 0 Å². The molecule has 8 heteroatoms. The number of rotatable bonds is 7. The fraction of sp³-hybridized carbons (Fsp3) is 0.308. The fourth-order valence-corrected chi connectivity index (χ4v) is 4.20. The van der Waals surface area contributed by atoms with Crippen LogP contribution in [0.1, 0.15) is 52.2 Å². The van der Waals surface area contributed by atoms with Crippen LogP contribution in [0.5, 0.6) is 0 Å². The molecule has 1 aromatic heterocycles. The van der Waals surface area contributed by atoms with Crippen LogP contribution < -0.4 is 11.1 Å². The third kappa shape index (κ3) is 4.77. The topological polar surface area (TPSA) is 115 Å². The van der Waals surface area contributed by atoms with Gasteiger partial charge in [0.05, 0.1) is 11.1 Å². The minimum Gasteiger partial charge on any atom is -0.449 e. The first kappa shape index (κ1) is 23.4. The second-order valence-electron chi connectivity index (χ2n) is 8.28. The van der Waals surface area contributed by atoms with E-state index in [0.29, 0.717) is 29.8 Å². The summed E-state index contributed by atoms with van der Waals surface area (Å²) in [7, 11) is 0. The zero-order valence-electron chi connectivity index (χ0n) is 19.3. The summed E-state index contributed by atoms with van der Waals surface area (Å²) in [6, 6.07) is 13.7. The lowest BCUT2D eigenvalue weighted by atomic mass is 9.95. The van der Waals surface area contributed by atoms with Gasteiger partial charge in [-0.25, -0.2) is 4.79 Å². The maximum Gasteiger partial charge on any atom is 0.340 e. The summed E-state index contributed by atoms with van der Waals surface area (Å²) in [5.74, 6) is -1.52. The number of nitrogens with zero attached hydrogens (tertiary/aromatic N) is 2. The molecule has 0 radical (unpaired) electrons. The number of aromatic nitrogens is 1. The van der Waals surface area contributed by atoms with Crippen molar-refractivity contribution in [1.29, 1.82) is 0 Å². The van der Waals surface area contributed by atoms with Gasteiger partial charge in [0.15, 0.2) is 6.10 Å². The number of carbonyl (C=O) groups is 3. The molecule has 1 aliphatic heterocycles. The minimum atomic E-state index is -0.975. The van der Waals surface area contributed by atoms with Crippen LogP contribution in [0.2, 0.25) is 0 Å². The number of esters is 1. The minimum absolute atomic E-state index is 0.309. The fourth-order valence-electron chi connectivity index (χ4n) is 4.20. The van der Waals surface area contributed by atoms with Crippen molar-refractivity contribution in [3.05, 3.63) is 70.9 Å². The predicted molar refractivity (Wildman–Crippen MR) is 129 cm³/mol. The van der Waals surface area contributed by atoms with Crippen molar-refractivity contribution in [2.24, 2.45) is 5.73 Å². The van der Waals surface area contributed by atoms with E-state index in [1.807, 2.05) is 24.3 Å². The molecule has 2 aromatic carbocycles. The second kappa shape index (κ2) is 10.0. The average molecular weight is 461 g/mol. The summed E-state index contributed by atoms with van der Waals surface area (Å²) in [4.78, 5) is 44.7. The summed E-state index contributed by atoms with van der Waals surface area (Å²) in [5.41, 5.74) is 9.08. The maximum atomic E-state index is 13.5. The number of pyridine rings is 1. The Hall–Kier alpha value is -3.78. The molecule has 2 amide bonds. The molecule has 0 aliphatic carbocycles. The Morgan fingerprint density at radius 1 is 1.12 bits per heavy atom. The molecule has 0 saturated carbocycles. The number of para-hydroxylation sites is 1. The Labute approximate surface area is 198 Å². The second-order valence-corrected chi connectivity index (χ2v) is 8.28. The quantitative estimate of drug-likeness (QED) is 0.523.